The monoisotopic (exact) mass is 594 g/mol. The molecule has 1 amide bonds. The zero-order chi connectivity index (χ0) is 29.3. The fraction of sp³-hybridized carbons (Fsp3) is 0.382. The molecule has 43 heavy (non-hydrogen) atoms. The van der Waals surface area contributed by atoms with E-state index in [0.717, 1.165) is 42.8 Å². The molecular weight excluding hydrogens is 556 g/mol. The van der Waals surface area contributed by atoms with Crippen LogP contribution in [-0.2, 0) is 11.2 Å². The molecule has 3 atom stereocenters. The normalized spacial score (nSPS) is 22.0. The fourth-order valence-electron chi connectivity index (χ4n) is 6.67. The van der Waals surface area contributed by atoms with Crippen molar-refractivity contribution in [3.63, 3.8) is 0 Å². The Kier molecular flexibility index (Phi) is 7.76. The van der Waals surface area contributed by atoms with Crippen molar-refractivity contribution in [1.82, 2.24) is 20.1 Å². The number of aliphatic imine (C=N–C) groups is 1. The number of amides is 1. The van der Waals surface area contributed by atoms with Crippen LogP contribution in [0, 0.1) is 0 Å². The quantitative estimate of drug-likeness (QED) is 0.323. The van der Waals surface area contributed by atoms with Gasteiger partial charge in [0.1, 0.15) is 11.4 Å². The van der Waals surface area contributed by atoms with Gasteiger partial charge in [-0.2, -0.15) is 0 Å². The third-order valence-corrected chi connectivity index (χ3v) is 9.98. The zero-order valence-electron chi connectivity index (χ0n) is 24.5. The molecule has 1 aromatic carbocycles. The number of carbonyl (C=O) groups is 1. The lowest BCUT2D eigenvalue weighted by molar-refractivity contribution is -0.124. The number of H-pyrrole nitrogens is 1. The first kappa shape index (κ1) is 27.9. The van der Waals surface area contributed by atoms with Gasteiger partial charge in [0.25, 0.3) is 11.5 Å². The number of thiophene rings is 1. The van der Waals surface area contributed by atoms with Gasteiger partial charge in [-0.25, -0.2) is 0 Å². The molecular formula is C34H38N6O2S. The number of amidine groups is 1. The molecule has 8 nitrogen and oxygen atoms in total. The van der Waals surface area contributed by atoms with Crippen LogP contribution in [-0.4, -0.2) is 77.4 Å². The first-order valence-corrected chi connectivity index (χ1v) is 16.2. The van der Waals surface area contributed by atoms with Gasteiger partial charge >= 0.3 is 0 Å². The van der Waals surface area contributed by atoms with Gasteiger partial charge in [0, 0.05) is 47.1 Å². The number of aromatic nitrogens is 1. The van der Waals surface area contributed by atoms with Gasteiger partial charge in [0.2, 0.25) is 0 Å². The first-order valence-electron chi connectivity index (χ1n) is 15.4. The molecule has 9 heteroatoms. The molecule has 4 aliphatic rings. The molecule has 0 radical (unpaired) electrons. The number of nitrogens with zero attached hydrogens (tertiary/aromatic N) is 3. The number of carbonyl (C=O) groups excluding carboxylic acids is 1. The molecule has 1 aliphatic carbocycles. The maximum Gasteiger partial charge on any atom is 0.261 e. The molecule has 7 rings (SSSR count). The van der Waals surface area contributed by atoms with Gasteiger partial charge in [-0.1, -0.05) is 36.4 Å². The van der Waals surface area contributed by atoms with Crippen molar-refractivity contribution in [2.24, 2.45) is 4.99 Å². The minimum Gasteiger partial charge on any atom is -0.381 e. The number of likely N-dealkylation sites (tertiary alicyclic amines) is 2. The Morgan fingerprint density at radius 3 is 2.72 bits per heavy atom. The summed E-state index contributed by atoms with van der Waals surface area (Å²) in [7, 11) is 0. The Labute approximate surface area is 256 Å². The number of benzene rings is 1. The molecule has 0 bridgehead atoms. The summed E-state index contributed by atoms with van der Waals surface area (Å²) >= 11 is 1.80. The summed E-state index contributed by atoms with van der Waals surface area (Å²) in [5.74, 6) is 0.678. The highest BCUT2D eigenvalue weighted by Crippen LogP contribution is 2.33. The van der Waals surface area contributed by atoms with Crippen molar-refractivity contribution < 1.29 is 4.79 Å². The van der Waals surface area contributed by atoms with E-state index >= 15 is 0 Å². The lowest BCUT2D eigenvalue weighted by atomic mass is 9.94. The van der Waals surface area contributed by atoms with E-state index < -0.39 is 0 Å². The van der Waals surface area contributed by atoms with Gasteiger partial charge in [0.15, 0.2) is 0 Å². The summed E-state index contributed by atoms with van der Waals surface area (Å²) in [6.45, 7) is 6.99. The van der Waals surface area contributed by atoms with E-state index in [0.29, 0.717) is 17.9 Å². The van der Waals surface area contributed by atoms with Gasteiger partial charge in [-0.05, 0) is 81.2 Å². The van der Waals surface area contributed by atoms with E-state index in [4.69, 9.17) is 4.99 Å². The molecule has 5 heterocycles. The third-order valence-electron chi connectivity index (χ3n) is 8.82. The van der Waals surface area contributed by atoms with E-state index in [-0.39, 0.29) is 29.6 Å². The Balaban J connectivity index is 1.02. The summed E-state index contributed by atoms with van der Waals surface area (Å²) in [6.07, 6.45) is 10.2. The molecule has 3 N–H and O–H groups in total. The average Bonchev–Trinajstić information content (AvgIpc) is 3.81. The predicted molar refractivity (Wildman–Crippen MR) is 174 cm³/mol. The van der Waals surface area contributed by atoms with Gasteiger partial charge < -0.3 is 25.4 Å². The number of hydrogen-bond acceptors (Lipinski definition) is 7. The van der Waals surface area contributed by atoms with Gasteiger partial charge in [-0.3, -0.25) is 14.6 Å². The van der Waals surface area contributed by atoms with E-state index in [1.54, 1.807) is 17.5 Å². The number of fused-ring (bicyclic) bond motifs is 2. The van der Waals surface area contributed by atoms with Crippen molar-refractivity contribution in [2.45, 2.75) is 50.7 Å². The molecule has 2 aromatic heterocycles. The van der Waals surface area contributed by atoms with Gasteiger partial charge in [0.05, 0.1) is 17.8 Å². The summed E-state index contributed by atoms with van der Waals surface area (Å²) in [5.41, 5.74) is 4.14. The fourth-order valence-corrected chi connectivity index (χ4v) is 7.82. The van der Waals surface area contributed by atoms with E-state index in [1.807, 2.05) is 23.1 Å². The van der Waals surface area contributed by atoms with Crippen LogP contribution < -0.4 is 16.2 Å². The van der Waals surface area contributed by atoms with Crippen LogP contribution in [0.25, 0.3) is 10.4 Å². The number of pyridine rings is 1. The Bertz CT molecular complexity index is 1650. The summed E-state index contributed by atoms with van der Waals surface area (Å²) < 4.78 is 0. The van der Waals surface area contributed by atoms with Crippen LogP contribution in [0.15, 0.2) is 87.8 Å². The number of nitrogens with one attached hydrogen (secondary N) is 3. The highest BCUT2D eigenvalue weighted by molar-refractivity contribution is 7.15. The van der Waals surface area contributed by atoms with Crippen LogP contribution in [0.2, 0.25) is 0 Å². The molecule has 222 valence electrons. The zero-order valence-corrected chi connectivity index (χ0v) is 25.3. The average molecular weight is 595 g/mol. The molecule has 3 aromatic rings. The predicted octanol–water partition coefficient (Wildman–Crippen LogP) is 4.43. The summed E-state index contributed by atoms with van der Waals surface area (Å²) in [4.78, 5) is 41.1. The van der Waals surface area contributed by atoms with Crippen molar-refractivity contribution in [3.05, 3.63) is 98.8 Å². The standard InChI is InChI=1S/C34H38N6O2S/c1-22(18-25-10-11-30(43-25)23-8-3-2-4-9-23)36-27-12-13-35-33(41)31(27)32-37-28-19-24-21-40(17-7-16-39-14-5-6-15-39)34(42)26(24)20-29(28)38-32/h2-4,8-13,19-20,22,28-29H,5-7,14-18,21H2,1H3,(H,37,38)(H2,35,36,41). The highest BCUT2D eigenvalue weighted by Gasteiger charge is 2.39. The number of rotatable bonds is 10. The van der Waals surface area contributed by atoms with Crippen molar-refractivity contribution in [3.8, 4) is 10.4 Å². The third kappa shape index (κ3) is 5.84. The molecule has 3 aliphatic heterocycles. The van der Waals surface area contributed by atoms with Crippen LogP contribution in [0.3, 0.4) is 0 Å². The molecule has 2 saturated heterocycles. The van der Waals surface area contributed by atoms with Crippen molar-refractivity contribution in [1.29, 1.82) is 0 Å². The van der Waals surface area contributed by atoms with Crippen molar-refractivity contribution >= 4 is 28.8 Å². The SMILES string of the molecule is CC(Cc1ccc(-c2ccccc2)s1)Nc1cc[nH]c(=O)c1C1=NC2C=C3CN(CCCN4CCCC4)C(=O)C3=CC2N1. The van der Waals surface area contributed by atoms with Crippen LogP contribution >= 0.6 is 11.3 Å². The second kappa shape index (κ2) is 12.0. The van der Waals surface area contributed by atoms with E-state index in [1.165, 1.54) is 41.2 Å². The van der Waals surface area contributed by atoms with Crippen LogP contribution in [0.5, 0.6) is 0 Å². The van der Waals surface area contributed by atoms with Crippen LogP contribution in [0.1, 0.15) is 36.6 Å². The van der Waals surface area contributed by atoms with E-state index in [2.05, 4.69) is 69.9 Å². The topological polar surface area (TPSA) is 92.8 Å². The second-order valence-corrected chi connectivity index (χ2v) is 13.2. The Morgan fingerprint density at radius 1 is 1.05 bits per heavy atom. The minimum absolute atomic E-state index is 0.102. The molecule has 2 fully saturated rings. The highest BCUT2D eigenvalue weighted by atomic mass is 32.1. The van der Waals surface area contributed by atoms with E-state index in [9.17, 15) is 9.59 Å². The number of anilines is 1. The maximum absolute atomic E-state index is 13.2. The molecule has 0 saturated carbocycles. The number of aromatic amines is 1. The van der Waals surface area contributed by atoms with Gasteiger partial charge in [-0.15, -0.1) is 11.3 Å². The summed E-state index contributed by atoms with van der Waals surface area (Å²) in [5, 5.41) is 7.03. The Morgan fingerprint density at radius 2 is 1.88 bits per heavy atom. The number of hydrogen-bond donors (Lipinski definition) is 3. The molecule has 3 unspecified atom stereocenters. The lowest BCUT2D eigenvalue weighted by Gasteiger charge is -2.19. The van der Waals surface area contributed by atoms with Crippen LogP contribution in [0.4, 0.5) is 5.69 Å². The van der Waals surface area contributed by atoms with Crippen molar-refractivity contribution in [2.75, 3.05) is 38.0 Å². The minimum atomic E-state index is -0.190. The maximum atomic E-state index is 13.2. The lowest BCUT2D eigenvalue weighted by Crippen LogP contribution is -2.37. The Hall–Kier alpha value is -3.95. The first-order chi connectivity index (χ1) is 21.0. The largest absolute Gasteiger partial charge is 0.381 e. The smallest absolute Gasteiger partial charge is 0.261 e. The molecule has 0 spiro atoms. The summed E-state index contributed by atoms with van der Waals surface area (Å²) in [6, 6.07) is 16.5. The second-order valence-electron chi connectivity index (χ2n) is 12.0.